The van der Waals surface area contributed by atoms with Gasteiger partial charge in [0.2, 0.25) is 5.91 Å². The molecule has 0 saturated carbocycles. The number of nitrogens with one attached hydrogen (secondary N) is 2. The first-order valence-corrected chi connectivity index (χ1v) is 5.78. The number of carbonyl (C=O) groups is 1. The van der Waals surface area contributed by atoms with Gasteiger partial charge in [-0.2, -0.15) is 5.10 Å². The molecule has 0 saturated heterocycles. The molecule has 0 spiro atoms. The van der Waals surface area contributed by atoms with Crippen LogP contribution < -0.4 is 10.6 Å². The Hall–Kier alpha value is -1.40. The predicted molar refractivity (Wildman–Crippen MR) is 65.9 cm³/mol. The molecule has 96 valence electrons. The number of methoxy groups -OCH3 is 1. The SMILES string of the molecule is CCNCCC(=O)Nc1cnn(CCOC)c1. The van der Waals surface area contributed by atoms with Crippen LogP contribution in [-0.2, 0) is 16.1 Å². The Labute approximate surface area is 101 Å². The lowest BCUT2D eigenvalue weighted by molar-refractivity contribution is -0.116. The second-order valence-electron chi connectivity index (χ2n) is 3.64. The number of ether oxygens (including phenoxy) is 1. The first kappa shape index (κ1) is 13.7. The molecule has 6 heteroatoms. The standard InChI is InChI=1S/C11H20N4O2/c1-3-12-5-4-11(16)14-10-8-13-15(9-10)6-7-17-2/h8-9,12H,3-7H2,1-2H3,(H,14,16). The summed E-state index contributed by atoms with van der Waals surface area (Å²) in [6.45, 7) is 4.87. The van der Waals surface area contributed by atoms with Gasteiger partial charge in [-0.25, -0.2) is 0 Å². The summed E-state index contributed by atoms with van der Waals surface area (Å²) < 4.78 is 6.68. The van der Waals surface area contributed by atoms with Crippen molar-refractivity contribution in [1.29, 1.82) is 0 Å². The highest BCUT2D eigenvalue weighted by atomic mass is 16.5. The number of anilines is 1. The van der Waals surface area contributed by atoms with Gasteiger partial charge in [0.05, 0.1) is 25.0 Å². The van der Waals surface area contributed by atoms with Crippen LogP contribution in [0.1, 0.15) is 13.3 Å². The monoisotopic (exact) mass is 240 g/mol. The maximum absolute atomic E-state index is 11.5. The fraction of sp³-hybridized carbons (Fsp3) is 0.636. The third kappa shape index (κ3) is 5.46. The number of carbonyl (C=O) groups excluding carboxylic acids is 1. The number of aromatic nitrogens is 2. The molecule has 0 aliphatic rings. The highest BCUT2D eigenvalue weighted by Crippen LogP contribution is 2.04. The average molecular weight is 240 g/mol. The van der Waals surface area contributed by atoms with Gasteiger partial charge in [-0.3, -0.25) is 9.48 Å². The van der Waals surface area contributed by atoms with Crippen LogP contribution in [0.4, 0.5) is 5.69 Å². The Balaban J connectivity index is 2.30. The predicted octanol–water partition coefficient (Wildman–Crippen LogP) is 0.468. The molecule has 0 aliphatic carbocycles. The lowest BCUT2D eigenvalue weighted by atomic mass is 10.4. The molecule has 1 heterocycles. The van der Waals surface area contributed by atoms with E-state index in [1.165, 1.54) is 0 Å². The summed E-state index contributed by atoms with van der Waals surface area (Å²) in [6, 6.07) is 0. The van der Waals surface area contributed by atoms with Crippen molar-refractivity contribution in [2.24, 2.45) is 0 Å². The molecular weight excluding hydrogens is 220 g/mol. The van der Waals surface area contributed by atoms with Gasteiger partial charge in [0, 0.05) is 26.3 Å². The topological polar surface area (TPSA) is 68.2 Å². The van der Waals surface area contributed by atoms with Gasteiger partial charge in [-0.15, -0.1) is 0 Å². The molecule has 2 N–H and O–H groups in total. The van der Waals surface area contributed by atoms with Crippen molar-refractivity contribution in [2.45, 2.75) is 19.9 Å². The minimum atomic E-state index is -0.00255. The van der Waals surface area contributed by atoms with E-state index in [0.29, 0.717) is 26.1 Å². The van der Waals surface area contributed by atoms with Crippen LogP contribution in [0, 0.1) is 0 Å². The second-order valence-corrected chi connectivity index (χ2v) is 3.64. The molecule has 1 amide bonds. The number of nitrogens with zero attached hydrogens (tertiary/aromatic N) is 2. The largest absolute Gasteiger partial charge is 0.383 e. The van der Waals surface area contributed by atoms with Crippen LogP contribution in [0.2, 0.25) is 0 Å². The molecule has 0 unspecified atom stereocenters. The summed E-state index contributed by atoms with van der Waals surface area (Å²) in [4.78, 5) is 11.5. The van der Waals surface area contributed by atoms with E-state index >= 15 is 0 Å². The van der Waals surface area contributed by atoms with Crippen molar-refractivity contribution >= 4 is 11.6 Å². The Morgan fingerprint density at radius 3 is 3.12 bits per heavy atom. The van der Waals surface area contributed by atoms with Crippen molar-refractivity contribution in [3.8, 4) is 0 Å². The Bertz CT molecular complexity index is 338. The minimum absolute atomic E-state index is 0.00255. The molecule has 1 rings (SSSR count). The van der Waals surface area contributed by atoms with Crippen LogP contribution in [0.5, 0.6) is 0 Å². The number of hydrogen-bond donors (Lipinski definition) is 2. The van der Waals surface area contributed by atoms with E-state index in [2.05, 4.69) is 15.7 Å². The lowest BCUT2D eigenvalue weighted by Gasteiger charge is -2.02. The van der Waals surface area contributed by atoms with E-state index in [0.717, 1.165) is 12.2 Å². The molecule has 1 aromatic heterocycles. The second kappa shape index (κ2) is 7.81. The van der Waals surface area contributed by atoms with Gasteiger partial charge in [0.25, 0.3) is 0 Å². The summed E-state index contributed by atoms with van der Waals surface area (Å²) in [6.07, 6.45) is 3.90. The highest BCUT2D eigenvalue weighted by molar-refractivity contribution is 5.90. The van der Waals surface area contributed by atoms with Crippen LogP contribution in [-0.4, -0.2) is 42.5 Å². The number of amides is 1. The van der Waals surface area contributed by atoms with Gasteiger partial charge in [0.1, 0.15) is 0 Å². The Morgan fingerprint density at radius 2 is 2.41 bits per heavy atom. The van der Waals surface area contributed by atoms with Gasteiger partial charge < -0.3 is 15.4 Å². The minimum Gasteiger partial charge on any atom is -0.383 e. The van der Waals surface area contributed by atoms with E-state index in [9.17, 15) is 4.79 Å². The summed E-state index contributed by atoms with van der Waals surface area (Å²) in [5.74, 6) is -0.00255. The molecular formula is C11H20N4O2. The third-order valence-corrected chi connectivity index (χ3v) is 2.22. The maximum Gasteiger partial charge on any atom is 0.225 e. The molecule has 0 atom stereocenters. The number of hydrogen-bond acceptors (Lipinski definition) is 4. The number of rotatable bonds is 8. The molecule has 0 aliphatic heterocycles. The van der Waals surface area contributed by atoms with Gasteiger partial charge in [-0.1, -0.05) is 6.92 Å². The first-order valence-electron chi connectivity index (χ1n) is 5.78. The zero-order valence-corrected chi connectivity index (χ0v) is 10.4. The molecule has 17 heavy (non-hydrogen) atoms. The lowest BCUT2D eigenvalue weighted by Crippen LogP contribution is -2.21. The zero-order valence-electron chi connectivity index (χ0n) is 10.4. The van der Waals surface area contributed by atoms with E-state index in [1.807, 2.05) is 6.92 Å². The zero-order chi connectivity index (χ0) is 12.5. The first-order chi connectivity index (χ1) is 8.26. The summed E-state index contributed by atoms with van der Waals surface area (Å²) in [5.41, 5.74) is 0.725. The maximum atomic E-state index is 11.5. The Morgan fingerprint density at radius 1 is 1.59 bits per heavy atom. The molecule has 0 fully saturated rings. The van der Waals surface area contributed by atoms with Crippen LogP contribution >= 0.6 is 0 Å². The van der Waals surface area contributed by atoms with Gasteiger partial charge in [-0.05, 0) is 6.54 Å². The van der Waals surface area contributed by atoms with Crippen molar-refractivity contribution in [3.05, 3.63) is 12.4 Å². The third-order valence-electron chi connectivity index (χ3n) is 2.22. The Kier molecular flexibility index (Phi) is 6.27. The van der Waals surface area contributed by atoms with Crippen LogP contribution in [0.15, 0.2) is 12.4 Å². The van der Waals surface area contributed by atoms with E-state index in [4.69, 9.17) is 4.74 Å². The van der Waals surface area contributed by atoms with E-state index in [1.54, 1.807) is 24.2 Å². The van der Waals surface area contributed by atoms with E-state index < -0.39 is 0 Å². The molecule has 0 bridgehead atoms. The van der Waals surface area contributed by atoms with E-state index in [-0.39, 0.29) is 5.91 Å². The van der Waals surface area contributed by atoms with Crippen molar-refractivity contribution < 1.29 is 9.53 Å². The highest BCUT2D eigenvalue weighted by Gasteiger charge is 2.03. The fourth-order valence-electron chi connectivity index (χ4n) is 1.34. The summed E-state index contributed by atoms with van der Waals surface area (Å²) in [5, 5.41) is 10.0. The van der Waals surface area contributed by atoms with Crippen LogP contribution in [0.25, 0.3) is 0 Å². The normalized spacial score (nSPS) is 10.5. The summed E-state index contributed by atoms with van der Waals surface area (Å²) in [7, 11) is 1.65. The van der Waals surface area contributed by atoms with Crippen molar-refractivity contribution in [3.63, 3.8) is 0 Å². The quantitative estimate of drug-likeness (QED) is 0.648. The van der Waals surface area contributed by atoms with Gasteiger partial charge >= 0.3 is 0 Å². The summed E-state index contributed by atoms with van der Waals surface area (Å²) >= 11 is 0. The molecule has 0 radical (unpaired) electrons. The van der Waals surface area contributed by atoms with Crippen LogP contribution in [0.3, 0.4) is 0 Å². The van der Waals surface area contributed by atoms with Crippen molar-refractivity contribution in [2.75, 3.05) is 32.1 Å². The molecule has 1 aromatic rings. The fourth-order valence-corrected chi connectivity index (χ4v) is 1.34. The smallest absolute Gasteiger partial charge is 0.225 e. The molecule has 0 aromatic carbocycles. The van der Waals surface area contributed by atoms with Gasteiger partial charge in [0.15, 0.2) is 0 Å². The molecule has 6 nitrogen and oxygen atoms in total. The average Bonchev–Trinajstić information content (AvgIpc) is 2.74. The van der Waals surface area contributed by atoms with Crippen molar-refractivity contribution in [1.82, 2.24) is 15.1 Å².